The van der Waals surface area contributed by atoms with Crippen LogP contribution in [0.2, 0.25) is 0 Å². The van der Waals surface area contributed by atoms with Crippen molar-refractivity contribution >= 4 is 18.0 Å². The average molecular weight is 274 g/mol. The van der Waals surface area contributed by atoms with Crippen molar-refractivity contribution in [2.75, 3.05) is 13.7 Å². The Morgan fingerprint density at radius 2 is 2.05 bits per heavy atom. The van der Waals surface area contributed by atoms with E-state index in [0.29, 0.717) is 11.3 Å². The summed E-state index contributed by atoms with van der Waals surface area (Å²) in [6.45, 7) is -0.0181. The van der Waals surface area contributed by atoms with Crippen LogP contribution in [0.15, 0.2) is 29.8 Å². The van der Waals surface area contributed by atoms with Gasteiger partial charge in [0.15, 0.2) is 0 Å². The van der Waals surface area contributed by atoms with Crippen LogP contribution in [0.1, 0.15) is 12.0 Å². The smallest absolute Gasteiger partial charge is 0.305 e. The van der Waals surface area contributed by atoms with Crippen molar-refractivity contribution in [3.63, 3.8) is 0 Å². The molecule has 6 heteroatoms. The number of rotatable bonds is 6. The monoisotopic (exact) mass is 274 g/mol. The highest BCUT2D eigenvalue weighted by molar-refractivity contribution is 6.01. The number of nitrogens with zero attached hydrogens (tertiary/aromatic N) is 1. The van der Waals surface area contributed by atoms with Crippen molar-refractivity contribution in [3.8, 4) is 11.8 Å². The second-order valence-corrected chi connectivity index (χ2v) is 3.84. The first-order chi connectivity index (χ1) is 9.56. The molecule has 1 rings (SSSR count). The second kappa shape index (κ2) is 7.59. The van der Waals surface area contributed by atoms with Crippen LogP contribution in [0.25, 0.3) is 6.08 Å². The quantitative estimate of drug-likeness (QED) is 0.599. The summed E-state index contributed by atoms with van der Waals surface area (Å²) in [5, 5.41) is 19.8. The summed E-state index contributed by atoms with van der Waals surface area (Å²) in [5.41, 5.74) is 0.594. The Balaban J connectivity index is 2.73. The molecule has 0 unspecified atom stereocenters. The Morgan fingerprint density at radius 1 is 1.40 bits per heavy atom. The lowest BCUT2D eigenvalue weighted by Crippen LogP contribution is -2.26. The van der Waals surface area contributed by atoms with Gasteiger partial charge in [-0.05, 0) is 23.8 Å². The minimum atomic E-state index is -1.01. The average Bonchev–Trinajstić information content (AvgIpc) is 2.44. The maximum Gasteiger partial charge on any atom is 0.305 e. The molecule has 0 aliphatic heterocycles. The number of ether oxygens (including phenoxy) is 1. The van der Waals surface area contributed by atoms with Crippen LogP contribution in [0.3, 0.4) is 0 Å². The molecule has 0 radical (unpaired) electrons. The van der Waals surface area contributed by atoms with Crippen molar-refractivity contribution in [2.24, 2.45) is 0 Å². The molecule has 0 bridgehead atoms. The normalized spacial score (nSPS) is 10.5. The highest BCUT2D eigenvalue weighted by atomic mass is 16.5. The van der Waals surface area contributed by atoms with E-state index in [1.165, 1.54) is 6.08 Å². The SMILES string of the molecule is COc1ccc(/C=C(\C#N)C(=O)NCCC(=O)O)cc1. The summed E-state index contributed by atoms with van der Waals surface area (Å²) in [6, 6.07) is 8.63. The standard InChI is InChI=1S/C14H14N2O4/c1-20-12-4-2-10(3-5-12)8-11(9-15)14(19)16-7-6-13(17)18/h2-5,8H,6-7H2,1H3,(H,16,19)(H,17,18)/b11-8+. The molecule has 0 fully saturated rings. The summed E-state index contributed by atoms with van der Waals surface area (Å²) in [4.78, 5) is 22.0. The fourth-order valence-corrected chi connectivity index (χ4v) is 1.39. The number of carboxylic acid groups (broad SMARTS) is 1. The van der Waals surface area contributed by atoms with Gasteiger partial charge in [-0.15, -0.1) is 0 Å². The van der Waals surface area contributed by atoms with E-state index < -0.39 is 11.9 Å². The fourth-order valence-electron chi connectivity index (χ4n) is 1.39. The van der Waals surface area contributed by atoms with Gasteiger partial charge < -0.3 is 15.2 Å². The predicted octanol–water partition coefficient (Wildman–Crippen LogP) is 1.19. The Hall–Kier alpha value is -2.81. The first-order valence-corrected chi connectivity index (χ1v) is 5.82. The summed E-state index contributed by atoms with van der Waals surface area (Å²) in [6.07, 6.45) is 1.24. The maximum atomic E-state index is 11.7. The van der Waals surface area contributed by atoms with E-state index in [2.05, 4.69) is 5.32 Å². The summed E-state index contributed by atoms with van der Waals surface area (Å²) in [7, 11) is 1.54. The highest BCUT2D eigenvalue weighted by Crippen LogP contribution is 2.13. The zero-order valence-corrected chi connectivity index (χ0v) is 10.9. The van der Waals surface area contributed by atoms with Crippen molar-refractivity contribution in [1.82, 2.24) is 5.32 Å². The van der Waals surface area contributed by atoms with Gasteiger partial charge in [-0.3, -0.25) is 9.59 Å². The predicted molar refractivity (Wildman–Crippen MR) is 71.8 cm³/mol. The summed E-state index contributed by atoms with van der Waals surface area (Å²) < 4.78 is 5.00. The molecular weight excluding hydrogens is 260 g/mol. The van der Waals surface area contributed by atoms with Gasteiger partial charge in [-0.25, -0.2) is 0 Å². The molecular formula is C14H14N2O4. The van der Waals surface area contributed by atoms with Crippen molar-refractivity contribution < 1.29 is 19.4 Å². The zero-order valence-electron chi connectivity index (χ0n) is 10.9. The van der Waals surface area contributed by atoms with Gasteiger partial charge in [0.25, 0.3) is 5.91 Å². The number of carbonyl (C=O) groups excluding carboxylic acids is 1. The third-order valence-corrected chi connectivity index (χ3v) is 2.42. The van der Waals surface area contributed by atoms with E-state index in [1.807, 2.05) is 0 Å². The van der Waals surface area contributed by atoms with Crippen LogP contribution in [-0.2, 0) is 9.59 Å². The number of methoxy groups -OCH3 is 1. The number of nitrogens with one attached hydrogen (secondary N) is 1. The number of hydrogen-bond donors (Lipinski definition) is 2. The Morgan fingerprint density at radius 3 is 2.55 bits per heavy atom. The lowest BCUT2D eigenvalue weighted by atomic mass is 10.1. The van der Waals surface area contributed by atoms with E-state index in [1.54, 1.807) is 37.4 Å². The fraction of sp³-hybridized carbons (Fsp3) is 0.214. The first kappa shape index (κ1) is 15.2. The maximum absolute atomic E-state index is 11.7. The molecule has 0 saturated carbocycles. The molecule has 1 aromatic carbocycles. The highest BCUT2D eigenvalue weighted by Gasteiger charge is 2.09. The molecule has 0 saturated heterocycles. The number of carbonyl (C=O) groups is 2. The second-order valence-electron chi connectivity index (χ2n) is 3.84. The molecule has 1 aromatic rings. The van der Waals surface area contributed by atoms with Crippen LogP contribution < -0.4 is 10.1 Å². The molecule has 104 valence electrons. The largest absolute Gasteiger partial charge is 0.497 e. The molecule has 0 atom stereocenters. The van der Waals surface area contributed by atoms with Gasteiger partial charge in [0.1, 0.15) is 17.4 Å². The van der Waals surface area contributed by atoms with Gasteiger partial charge >= 0.3 is 5.97 Å². The minimum Gasteiger partial charge on any atom is -0.497 e. The van der Waals surface area contributed by atoms with Gasteiger partial charge in [-0.2, -0.15) is 5.26 Å². The molecule has 0 aliphatic rings. The minimum absolute atomic E-state index is 0.0181. The van der Waals surface area contributed by atoms with E-state index in [9.17, 15) is 9.59 Å². The van der Waals surface area contributed by atoms with E-state index in [0.717, 1.165) is 0 Å². The number of amides is 1. The van der Waals surface area contributed by atoms with Crippen molar-refractivity contribution in [1.29, 1.82) is 5.26 Å². The third-order valence-electron chi connectivity index (χ3n) is 2.42. The molecule has 0 heterocycles. The topological polar surface area (TPSA) is 99.4 Å². The Kier molecular flexibility index (Phi) is 5.78. The Bertz CT molecular complexity index is 556. The van der Waals surface area contributed by atoms with Crippen LogP contribution in [0, 0.1) is 11.3 Å². The lowest BCUT2D eigenvalue weighted by molar-refractivity contribution is -0.136. The van der Waals surface area contributed by atoms with Crippen molar-refractivity contribution in [3.05, 3.63) is 35.4 Å². The van der Waals surface area contributed by atoms with Crippen LogP contribution in [-0.4, -0.2) is 30.6 Å². The lowest BCUT2D eigenvalue weighted by Gasteiger charge is -2.03. The summed E-state index contributed by atoms with van der Waals surface area (Å²) >= 11 is 0. The van der Waals surface area contributed by atoms with Crippen LogP contribution in [0.4, 0.5) is 0 Å². The molecule has 0 aromatic heterocycles. The molecule has 20 heavy (non-hydrogen) atoms. The van der Waals surface area contributed by atoms with Gasteiger partial charge in [0, 0.05) is 6.54 Å². The van der Waals surface area contributed by atoms with Gasteiger partial charge in [0.2, 0.25) is 0 Å². The van der Waals surface area contributed by atoms with E-state index in [4.69, 9.17) is 15.1 Å². The van der Waals surface area contributed by atoms with Crippen LogP contribution >= 0.6 is 0 Å². The number of nitriles is 1. The number of aliphatic carboxylic acids is 1. The third kappa shape index (κ3) is 4.82. The van der Waals surface area contributed by atoms with Gasteiger partial charge in [-0.1, -0.05) is 12.1 Å². The Labute approximate surface area is 116 Å². The molecule has 2 N–H and O–H groups in total. The van der Waals surface area contributed by atoms with Crippen LogP contribution in [0.5, 0.6) is 5.75 Å². The molecule has 0 spiro atoms. The molecule has 1 amide bonds. The number of carboxylic acids is 1. The number of hydrogen-bond acceptors (Lipinski definition) is 4. The molecule has 0 aliphatic carbocycles. The molecule has 6 nitrogen and oxygen atoms in total. The zero-order chi connectivity index (χ0) is 15.0. The summed E-state index contributed by atoms with van der Waals surface area (Å²) in [5.74, 6) is -0.931. The first-order valence-electron chi connectivity index (χ1n) is 5.82. The van der Waals surface area contributed by atoms with Gasteiger partial charge in [0.05, 0.1) is 13.5 Å². The van der Waals surface area contributed by atoms with E-state index in [-0.39, 0.29) is 18.5 Å². The number of benzene rings is 1. The van der Waals surface area contributed by atoms with E-state index >= 15 is 0 Å². The van der Waals surface area contributed by atoms with Crippen molar-refractivity contribution in [2.45, 2.75) is 6.42 Å².